The molecule has 0 atom stereocenters. The number of aromatic nitrogens is 1. The molecule has 2 aromatic rings. The van der Waals surface area contributed by atoms with Crippen LogP contribution in [0.25, 0.3) is 0 Å². The Bertz CT molecular complexity index is 1030. The van der Waals surface area contributed by atoms with Crippen LogP contribution < -0.4 is 5.56 Å². The summed E-state index contributed by atoms with van der Waals surface area (Å²) in [5.41, 5.74) is 0.561. The van der Waals surface area contributed by atoms with Gasteiger partial charge in [0.05, 0.1) is 5.56 Å². The second kappa shape index (κ2) is 6.78. The van der Waals surface area contributed by atoms with Crippen molar-refractivity contribution in [3.05, 3.63) is 62.8 Å². The quantitative estimate of drug-likeness (QED) is 0.846. The van der Waals surface area contributed by atoms with Gasteiger partial charge in [-0.1, -0.05) is 12.1 Å². The minimum absolute atomic E-state index is 0.0896. The highest BCUT2D eigenvalue weighted by Crippen LogP contribution is 2.30. The van der Waals surface area contributed by atoms with E-state index in [0.29, 0.717) is 38.0 Å². The third-order valence-electron chi connectivity index (χ3n) is 5.39. The third kappa shape index (κ3) is 2.85. The largest absolute Gasteiger partial charge is 0.502 e. The Labute approximate surface area is 160 Å². The van der Waals surface area contributed by atoms with Gasteiger partial charge in [0.25, 0.3) is 17.4 Å². The zero-order valence-corrected chi connectivity index (χ0v) is 15.4. The van der Waals surface area contributed by atoms with Crippen LogP contribution in [0.4, 0.5) is 4.39 Å². The molecule has 4 rings (SSSR count). The monoisotopic (exact) mass is 385 g/mol. The number of hydrogen-bond acceptors (Lipinski definition) is 4. The summed E-state index contributed by atoms with van der Waals surface area (Å²) in [7, 11) is 1.66. The molecule has 0 saturated heterocycles. The van der Waals surface area contributed by atoms with E-state index in [4.69, 9.17) is 0 Å². The minimum atomic E-state index is -0.714. The van der Waals surface area contributed by atoms with E-state index in [-0.39, 0.29) is 29.5 Å². The van der Waals surface area contributed by atoms with E-state index in [2.05, 4.69) is 0 Å². The van der Waals surface area contributed by atoms with Gasteiger partial charge in [-0.25, -0.2) is 4.39 Å². The highest BCUT2D eigenvalue weighted by Gasteiger charge is 2.36. The van der Waals surface area contributed by atoms with Crippen molar-refractivity contribution in [2.75, 3.05) is 20.1 Å². The van der Waals surface area contributed by atoms with Gasteiger partial charge in [-0.3, -0.25) is 14.4 Å². The maximum Gasteiger partial charge on any atom is 0.294 e. The molecule has 146 valence electrons. The van der Waals surface area contributed by atoms with Gasteiger partial charge in [0.2, 0.25) is 0 Å². The second-order valence-corrected chi connectivity index (χ2v) is 7.19. The van der Waals surface area contributed by atoms with Gasteiger partial charge >= 0.3 is 0 Å². The zero-order chi connectivity index (χ0) is 20.0. The summed E-state index contributed by atoms with van der Waals surface area (Å²) in [6, 6.07) is 5.80. The predicted molar refractivity (Wildman–Crippen MR) is 98.8 cm³/mol. The van der Waals surface area contributed by atoms with E-state index in [9.17, 15) is 23.9 Å². The van der Waals surface area contributed by atoms with Crippen LogP contribution in [0, 0.1) is 5.82 Å². The summed E-state index contributed by atoms with van der Waals surface area (Å²) in [4.78, 5) is 41.5. The van der Waals surface area contributed by atoms with Crippen molar-refractivity contribution in [1.29, 1.82) is 0 Å². The van der Waals surface area contributed by atoms with Crippen LogP contribution in [-0.2, 0) is 19.5 Å². The molecule has 0 radical (unpaired) electrons. The molecule has 3 heterocycles. The highest BCUT2D eigenvalue weighted by atomic mass is 19.1. The van der Waals surface area contributed by atoms with Crippen molar-refractivity contribution in [2.24, 2.45) is 0 Å². The molecule has 1 aromatic heterocycles. The van der Waals surface area contributed by atoms with E-state index in [1.165, 1.54) is 26.5 Å². The molecule has 0 aliphatic carbocycles. The fraction of sp³-hybridized carbons (Fsp3) is 0.350. The molecule has 8 heteroatoms. The van der Waals surface area contributed by atoms with Gasteiger partial charge in [0.15, 0.2) is 5.75 Å². The molecule has 28 heavy (non-hydrogen) atoms. The number of fused-ring (bicyclic) bond motifs is 3. The molecule has 0 bridgehead atoms. The smallest absolute Gasteiger partial charge is 0.294 e. The first-order chi connectivity index (χ1) is 13.4. The number of carbonyl (C=O) groups excluding carboxylic acids is 2. The van der Waals surface area contributed by atoms with Crippen molar-refractivity contribution in [3.63, 3.8) is 0 Å². The Kier molecular flexibility index (Phi) is 4.41. The van der Waals surface area contributed by atoms with Crippen LogP contribution in [0.1, 0.15) is 38.4 Å². The summed E-state index contributed by atoms with van der Waals surface area (Å²) < 4.78 is 14.4. The fourth-order valence-electron chi connectivity index (χ4n) is 3.91. The van der Waals surface area contributed by atoms with Crippen LogP contribution in [0.15, 0.2) is 29.1 Å². The summed E-state index contributed by atoms with van der Waals surface area (Å²) in [5, 5.41) is 10.5. The van der Waals surface area contributed by atoms with Gasteiger partial charge in [-0.2, -0.15) is 0 Å². The molecule has 0 saturated carbocycles. The lowest BCUT2D eigenvalue weighted by Crippen LogP contribution is -2.42. The van der Waals surface area contributed by atoms with Gasteiger partial charge in [-0.05, 0) is 30.5 Å². The number of rotatable bonds is 2. The van der Waals surface area contributed by atoms with Crippen LogP contribution in [0.5, 0.6) is 5.75 Å². The van der Waals surface area contributed by atoms with E-state index < -0.39 is 17.2 Å². The molecule has 0 spiro atoms. The third-order valence-corrected chi connectivity index (χ3v) is 5.39. The topological polar surface area (TPSA) is 82.8 Å². The van der Waals surface area contributed by atoms with Gasteiger partial charge in [-0.15, -0.1) is 0 Å². The first kappa shape index (κ1) is 18.2. The molecule has 2 amide bonds. The normalized spacial score (nSPS) is 16.6. The van der Waals surface area contributed by atoms with Crippen LogP contribution in [0.3, 0.4) is 0 Å². The summed E-state index contributed by atoms with van der Waals surface area (Å²) in [6.07, 6.45) is 0.947. The lowest BCUT2D eigenvalue weighted by Gasteiger charge is -2.31. The van der Waals surface area contributed by atoms with Crippen molar-refractivity contribution in [1.82, 2.24) is 14.4 Å². The number of benzene rings is 1. The Hall–Kier alpha value is -3.16. The average molecular weight is 385 g/mol. The first-order valence-electron chi connectivity index (χ1n) is 9.16. The number of nitrogens with zero attached hydrogens (tertiary/aromatic N) is 3. The zero-order valence-electron chi connectivity index (χ0n) is 15.4. The number of amides is 2. The van der Waals surface area contributed by atoms with E-state index in [1.54, 1.807) is 19.2 Å². The Balaban J connectivity index is 1.78. The Morgan fingerprint density at radius 3 is 2.46 bits per heavy atom. The van der Waals surface area contributed by atoms with Crippen molar-refractivity contribution in [3.8, 4) is 5.75 Å². The standard InChI is InChI=1S/C20H20FN3O4/c1-22-8-2-9-24-16(19(22)27)14-7-10-23(11-12-3-5-13(21)6-4-12)18(26)15(14)17(25)20(24)28/h3-6,25H,2,7-11H2,1H3. The lowest BCUT2D eigenvalue weighted by molar-refractivity contribution is 0.0720. The number of hydrogen-bond donors (Lipinski definition) is 1. The van der Waals surface area contributed by atoms with Crippen LogP contribution in [-0.4, -0.2) is 51.4 Å². The van der Waals surface area contributed by atoms with E-state index in [1.807, 2.05) is 0 Å². The van der Waals surface area contributed by atoms with Crippen LogP contribution in [0.2, 0.25) is 0 Å². The minimum Gasteiger partial charge on any atom is -0.502 e. The molecule has 1 aromatic carbocycles. The number of aromatic hydroxyl groups is 1. The Morgan fingerprint density at radius 2 is 1.75 bits per heavy atom. The summed E-state index contributed by atoms with van der Waals surface area (Å²) in [5.74, 6) is -1.78. The van der Waals surface area contributed by atoms with Crippen LogP contribution >= 0.6 is 0 Å². The van der Waals surface area contributed by atoms with E-state index in [0.717, 1.165) is 5.56 Å². The number of pyridine rings is 1. The van der Waals surface area contributed by atoms with Crippen molar-refractivity contribution in [2.45, 2.75) is 25.9 Å². The number of halogens is 1. The van der Waals surface area contributed by atoms with Gasteiger partial charge in [0, 0.05) is 38.8 Å². The predicted octanol–water partition coefficient (Wildman–Crippen LogP) is 1.37. The molecule has 0 unspecified atom stereocenters. The maximum absolute atomic E-state index is 13.1. The van der Waals surface area contributed by atoms with Gasteiger partial charge < -0.3 is 19.5 Å². The number of carbonyl (C=O) groups is 2. The van der Waals surface area contributed by atoms with E-state index >= 15 is 0 Å². The molecule has 2 aliphatic heterocycles. The molecule has 7 nitrogen and oxygen atoms in total. The molecule has 1 N–H and O–H groups in total. The van der Waals surface area contributed by atoms with Crippen molar-refractivity contribution >= 4 is 11.8 Å². The molecule has 0 fully saturated rings. The SMILES string of the molecule is CN1CCCn2c(c3c(c(O)c2=O)C(=O)N(Cc2ccc(F)cc2)CC3)C1=O. The molecular weight excluding hydrogens is 365 g/mol. The molecule has 2 aliphatic rings. The summed E-state index contributed by atoms with van der Waals surface area (Å²) >= 11 is 0. The maximum atomic E-state index is 13.1. The lowest BCUT2D eigenvalue weighted by atomic mass is 9.95. The average Bonchev–Trinajstić information content (AvgIpc) is 2.82. The Morgan fingerprint density at radius 1 is 1.04 bits per heavy atom. The summed E-state index contributed by atoms with van der Waals surface area (Å²) in [6.45, 7) is 1.38. The second-order valence-electron chi connectivity index (χ2n) is 7.19. The van der Waals surface area contributed by atoms with Crippen molar-refractivity contribution < 1.29 is 19.1 Å². The van der Waals surface area contributed by atoms with Gasteiger partial charge in [0.1, 0.15) is 11.5 Å². The molecular formula is C20H20FN3O4. The first-order valence-corrected chi connectivity index (χ1v) is 9.16. The highest BCUT2D eigenvalue weighted by molar-refractivity contribution is 6.03. The fourth-order valence-corrected chi connectivity index (χ4v) is 3.91.